The molecule has 1 unspecified atom stereocenters. The van der Waals surface area contributed by atoms with Crippen LogP contribution in [0.2, 0.25) is 0 Å². The molecule has 8 rings (SSSR count). The van der Waals surface area contributed by atoms with Crippen molar-refractivity contribution in [3.8, 4) is 0 Å². The van der Waals surface area contributed by atoms with Crippen LogP contribution in [0.3, 0.4) is 0 Å². The zero-order valence-electron chi connectivity index (χ0n) is 19.4. The minimum absolute atomic E-state index is 0.224. The largest absolute Gasteiger partial charge is 0.333 e. The van der Waals surface area contributed by atoms with E-state index in [4.69, 9.17) is 0 Å². The monoisotopic (exact) mass is 454 g/mol. The van der Waals surface area contributed by atoms with Crippen molar-refractivity contribution >= 4 is 17.7 Å². The molecule has 0 radical (unpaired) electrons. The maximum atomic E-state index is 14.4. The van der Waals surface area contributed by atoms with Crippen molar-refractivity contribution in [1.29, 1.82) is 0 Å². The quantitative estimate of drug-likeness (QED) is 0.636. The van der Waals surface area contributed by atoms with Gasteiger partial charge in [-0.3, -0.25) is 19.3 Å². The summed E-state index contributed by atoms with van der Waals surface area (Å²) >= 11 is 0. The summed E-state index contributed by atoms with van der Waals surface area (Å²) in [6.45, 7) is 0.882. The number of benzene rings is 2. The van der Waals surface area contributed by atoms with Gasteiger partial charge in [-0.05, 0) is 86.0 Å². The van der Waals surface area contributed by atoms with Gasteiger partial charge in [-0.15, -0.1) is 0 Å². The number of carbonyl (C=O) groups is 3. The molecule has 0 aromatic heterocycles. The summed E-state index contributed by atoms with van der Waals surface area (Å²) < 4.78 is 0. The van der Waals surface area contributed by atoms with E-state index < -0.39 is 0 Å². The average Bonchev–Trinajstić information content (AvgIpc) is 3.08. The molecular formula is C29H30N2O3. The van der Waals surface area contributed by atoms with E-state index in [0.29, 0.717) is 35.4 Å². The average molecular weight is 455 g/mol. The molecule has 2 aromatic carbocycles. The van der Waals surface area contributed by atoms with E-state index in [1.54, 1.807) is 24.3 Å². The summed E-state index contributed by atoms with van der Waals surface area (Å²) in [4.78, 5) is 44.2. The lowest BCUT2D eigenvalue weighted by Crippen LogP contribution is -2.57. The van der Waals surface area contributed by atoms with Crippen molar-refractivity contribution < 1.29 is 14.4 Å². The summed E-state index contributed by atoms with van der Waals surface area (Å²) in [5, 5.41) is 0. The van der Waals surface area contributed by atoms with Gasteiger partial charge in [0.1, 0.15) is 0 Å². The lowest BCUT2D eigenvalue weighted by molar-refractivity contribution is -0.161. The highest BCUT2D eigenvalue weighted by Crippen LogP contribution is 2.61. The number of rotatable bonds is 3. The van der Waals surface area contributed by atoms with Crippen molar-refractivity contribution in [1.82, 2.24) is 9.80 Å². The third-order valence-electron chi connectivity index (χ3n) is 9.40. The molecule has 0 saturated heterocycles. The standard InChI is InChI=1S/C29H30N2O3/c32-26-23-7-3-4-8-24(23)27(33)31(26)17-25-22-6-2-1-5-21(22)9-10-30(25)28(34)29-14-18-11-19(15-29)13-20(12-18)16-29/h1-8,18-20,25H,9-17H2. The van der Waals surface area contributed by atoms with Crippen molar-refractivity contribution in [3.05, 3.63) is 70.8 Å². The highest BCUT2D eigenvalue weighted by molar-refractivity contribution is 6.21. The highest BCUT2D eigenvalue weighted by Gasteiger charge is 2.56. The van der Waals surface area contributed by atoms with Crippen LogP contribution in [-0.2, 0) is 11.2 Å². The number of amides is 3. The van der Waals surface area contributed by atoms with Gasteiger partial charge in [0.25, 0.3) is 11.8 Å². The smallest absolute Gasteiger partial charge is 0.261 e. The van der Waals surface area contributed by atoms with Crippen LogP contribution in [0.5, 0.6) is 0 Å². The van der Waals surface area contributed by atoms with Gasteiger partial charge >= 0.3 is 0 Å². The molecule has 4 saturated carbocycles. The SMILES string of the molecule is O=C1c2ccccc2C(=O)N1CC1c2ccccc2CCN1C(=O)C12CC3CC(CC(C3)C1)C2. The summed E-state index contributed by atoms with van der Waals surface area (Å²) in [6, 6.07) is 15.0. The van der Waals surface area contributed by atoms with Gasteiger partial charge in [-0.25, -0.2) is 0 Å². The predicted molar refractivity (Wildman–Crippen MR) is 127 cm³/mol. The van der Waals surface area contributed by atoms with Gasteiger partial charge < -0.3 is 4.90 Å². The van der Waals surface area contributed by atoms with E-state index >= 15 is 0 Å². The van der Waals surface area contributed by atoms with E-state index in [2.05, 4.69) is 17.0 Å². The number of fused-ring (bicyclic) bond motifs is 2. The third kappa shape index (κ3) is 2.88. The van der Waals surface area contributed by atoms with E-state index in [9.17, 15) is 14.4 Å². The first kappa shape index (κ1) is 20.4. The Morgan fingerprint density at radius 1 is 0.824 bits per heavy atom. The van der Waals surface area contributed by atoms with E-state index in [1.807, 2.05) is 12.1 Å². The first-order valence-electron chi connectivity index (χ1n) is 12.9. The van der Waals surface area contributed by atoms with Crippen LogP contribution < -0.4 is 0 Å². The molecule has 5 nitrogen and oxygen atoms in total. The molecule has 2 heterocycles. The number of carbonyl (C=O) groups excluding carboxylic acids is 3. The molecule has 4 bridgehead atoms. The van der Waals surface area contributed by atoms with Crippen molar-refractivity contribution in [2.45, 2.75) is 51.0 Å². The van der Waals surface area contributed by atoms with Crippen LogP contribution in [0.15, 0.2) is 48.5 Å². The lowest BCUT2D eigenvalue weighted by atomic mass is 9.49. The molecule has 1 atom stereocenters. The summed E-state index contributed by atoms with van der Waals surface area (Å²) in [7, 11) is 0. The molecule has 0 spiro atoms. The van der Waals surface area contributed by atoms with Crippen molar-refractivity contribution in [3.63, 3.8) is 0 Å². The normalized spacial score (nSPS) is 33.3. The predicted octanol–water partition coefficient (Wildman–Crippen LogP) is 4.63. The Balaban J connectivity index is 1.24. The molecule has 4 aliphatic carbocycles. The summed E-state index contributed by atoms with van der Waals surface area (Å²) in [6.07, 6.45) is 7.80. The van der Waals surface area contributed by atoms with Gasteiger partial charge in [0.2, 0.25) is 5.91 Å². The minimum atomic E-state index is -0.285. The molecule has 2 aliphatic heterocycles. The number of nitrogens with zero attached hydrogens (tertiary/aromatic N) is 2. The molecule has 6 aliphatic rings. The fraction of sp³-hybridized carbons (Fsp3) is 0.483. The van der Waals surface area contributed by atoms with Crippen molar-refractivity contribution in [2.75, 3.05) is 13.1 Å². The van der Waals surface area contributed by atoms with E-state index in [1.165, 1.54) is 29.7 Å². The number of imide groups is 1. The van der Waals surface area contributed by atoms with Gasteiger partial charge in [-0.1, -0.05) is 36.4 Å². The summed E-state index contributed by atoms with van der Waals surface area (Å²) in [5.74, 6) is 1.88. The molecule has 4 fully saturated rings. The Morgan fingerprint density at radius 2 is 1.38 bits per heavy atom. The Bertz CT molecular complexity index is 1150. The fourth-order valence-electron chi connectivity index (χ4n) is 8.35. The maximum Gasteiger partial charge on any atom is 0.261 e. The molecule has 5 heteroatoms. The zero-order valence-corrected chi connectivity index (χ0v) is 19.4. The van der Waals surface area contributed by atoms with Crippen molar-refractivity contribution in [2.24, 2.45) is 23.2 Å². The van der Waals surface area contributed by atoms with Crippen LogP contribution >= 0.6 is 0 Å². The molecule has 34 heavy (non-hydrogen) atoms. The second kappa shape index (κ2) is 7.27. The number of hydrogen-bond donors (Lipinski definition) is 0. The topological polar surface area (TPSA) is 57.7 Å². The first-order chi connectivity index (χ1) is 16.5. The minimum Gasteiger partial charge on any atom is -0.333 e. The second-order valence-electron chi connectivity index (χ2n) is 11.4. The first-order valence-corrected chi connectivity index (χ1v) is 12.9. The highest BCUT2D eigenvalue weighted by atomic mass is 16.2. The zero-order chi connectivity index (χ0) is 23.0. The van der Waals surface area contributed by atoms with Crippen LogP contribution in [0.1, 0.15) is 76.4 Å². The van der Waals surface area contributed by atoms with Gasteiger partial charge in [0.05, 0.1) is 29.1 Å². The lowest BCUT2D eigenvalue weighted by Gasteiger charge is -2.57. The molecule has 3 amide bonds. The van der Waals surface area contributed by atoms with Gasteiger partial charge in [-0.2, -0.15) is 0 Å². The molecule has 2 aromatic rings. The van der Waals surface area contributed by atoms with Gasteiger partial charge in [0, 0.05) is 6.54 Å². The molecule has 174 valence electrons. The Labute approximate surface area is 200 Å². The Hall–Kier alpha value is -2.95. The van der Waals surface area contributed by atoms with E-state index in [-0.39, 0.29) is 35.7 Å². The molecular weight excluding hydrogens is 424 g/mol. The number of hydrogen-bond acceptors (Lipinski definition) is 3. The fourth-order valence-corrected chi connectivity index (χ4v) is 8.35. The third-order valence-corrected chi connectivity index (χ3v) is 9.40. The van der Waals surface area contributed by atoms with Crippen LogP contribution in [0.25, 0.3) is 0 Å². The Morgan fingerprint density at radius 3 is 2.00 bits per heavy atom. The van der Waals surface area contributed by atoms with Crippen LogP contribution in [-0.4, -0.2) is 40.6 Å². The Kier molecular flexibility index (Phi) is 4.37. The maximum absolute atomic E-state index is 14.4. The van der Waals surface area contributed by atoms with E-state index in [0.717, 1.165) is 31.2 Å². The van der Waals surface area contributed by atoms with Gasteiger partial charge in [0.15, 0.2) is 0 Å². The van der Waals surface area contributed by atoms with Crippen LogP contribution in [0.4, 0.5) is 0 Å². The van der Waals surface area contributed by atoms with Crippen LogP contribution in [0, 0.1) is 23.2 Å². The second-order valence-corrected chi connectivity index (χ2v) is 11.4. The summed E-state index contributed by atoms with van der Waals surface area (Å²) in [5.41, 5.74) is 3.01. The molecule has 0 N–H and O–H groups in total.